The van der Waals surface area contributed by atoms with Crippen molar-refractivity contribution < 1.29 is 13.2 Å². The maximum Gasteiger partial charge on any atom is 0.319 e. The molecule has 0 heterocycles. The van der Waals surface area contributed by atoms with Crippen molar-refractivity contribution in [2.24, 2.45) is 0 Å². The third kappa shape index (κ3) is 5.94. The standard InChI is InChI=1S/C10H11ClN2O3S/c11-8-2-4-9(5-3-8)13-10(14)12-6-1-7-17(15)16/h2-5,7H,1,6H2,(H2,12,13,14). The Morgan fingerprint density at radius 3 is 2.53 bits per heavy atom. The van der Waals surface area contributed by atoms with Crippen molar-refractivity contribution >= 4 is 39.0 Å². The first-order valence-corrected chi connectivity index (χ1v) is 6.31. The fourth-order valence-corrected chi connectivity index (χ4v) is 1.49. The number of urea groups is 1. The molecule has 0 saturated carbocycles. The molecule has 2 amide bonds. The second kappa shape index (κ2) is 6.93. The zero-order chi connectivity index (χ0) is 12.7. The topological polar surface area (TPSA) is 75.3 Å². The molecule has 0 aliphatic heterocycles. The van der Waals surface area contributed by atoms with Crippen molar-refractivity contribution in [3.05, 3.63) is 29.3 Å². The van der Waals surface area contributed by atoms with Gasteiger partial charge in [0.2, 0.25) is 10.3 Å². The quantitative estimate of drug-likeness (QED) is 0.646. The van der Waals surface area contributed by atoms with Crippen molar-refractivity contribution in [2.75, 3.05) is 11.9 Å². The van der Waals surface area contributed by atoms with E-state index >= 15 is 0 Å². The number of hydrogen-bond acceptors (Lipinski definition) is 3. The lowest BCUT2D eigenvalue weighted by molar-refractivity contribution is 0.252. The molecule has 0 saturated heterocycles. The van der Waals surface area contributed by atoms with Crippen molar-refractivity contribution in [1.82, 2.24) is 5.32 Å². The second-order valence-electron chi connectivity index (χ2n) is 3.10. The van der Waals surface area contributed by atoms with Gasteiger partial charge in [0.1, 0.15) is 0 Å². The van der Waals surface area contributed by atoms with Crippen LogP contribution in [0.5, 0.6) is 0 Å². The zero-order valence-corrected chi connectivity index (χ0v) is 10.4. The summed E-state index contributed by atoms with van der Waals surface area (Å²) >= 11 is 5.69. The minimum Gasteiger partial charge on any atom is -0.338 e. The van der Waals surface area contributed by atoms with Gasteiger partial charge in [-0.1, -0.05) is 11.6 Å². The lowest BCUT2D eigenvalue weighted by Gasteiger charge is -2.06. The number of anilines is 1. The van der Waals surface area contributed by atoms with Crippen LogP contribution in [0.2, 0.25) is 5.02 Å². The Morgan fingerprint density at radius 1 is 1.29 bits per heavy atom. The van der Waals surface area contributed by atoms with Crippen LogP contribution in [-0.2, 0) is 10.3 Å². The molecule has 0 bridgehead atoms. The van der Waals surface area contributed by atoms with Gasteiger partial charge in [0.15, 0.2) is 0 Å². The maximum absolute atomic E-state index is 11.3. The maximum atomic E-state index is 11.3. The average molecular weight is 275 g/mol. The van der Waals surface area contributed by atoms with Crippen LogP contribution in [0.3, 0.4) is 0 Å². The van der Waals surface area contributed by atoms with Gasteiger partial charge in [-0.15, -0.1) is 0 Å². The summed E-state index contributed by atoms with van der Waals surface area (Å²) < 4.78 is 20.3. The van der Waals surface area contributed by atoms with E-state index in [1.807, 2.05) is 0 Å². The molecule has 92 valence electrons. The molecule has 1 rings (SSSR count). The molecule has 0 unspecified atom stereocenters. The number of amides is 2. The molecule has 0 radical (unpaired) electrons. The molecule has 7 heteroatoms. The molecule has 0 aromatic heterocycles. The van der Waals surface area contributed by atoms with E-state index in [2.05, 4.69) is 10.6 Å². The van der Waals surface area contributed by atoms with Crippen LogP contribution in [0.4, 0.5) is 10.5 Å². The van der Waals surface area contributed by atoms with E-state index in [1.165, 1.54) is 0 Å². The summed E-state index contributed by atoms with van der Waals surface area (Å²) in [5.74, 6) is 0. The highest BCUT2D eigenvalue weighted by atomic mass is 35.5. The van der Waals surface area contributed by atoms with E-state index in [4.69, 9.17) is 11.6 Å². The molecule has 2 N–H and O–H groups in total. The van der Waals surface area contributed by atoms with Crippen LogP contribution in [0.25, 0.3) is 0 Å². The molecule has 0 aliphatic carbocycles. The highest BCUT2D eigenvalue weighted by Gasteiger charge is 1.99. The molecule has 17 heavy (non-hydrogen) atoms. The first kappa shape index (κ1) is 13.5. The number of nitrogens with one attached hydrogen (secondary N) is 2. The number of carbonyl (C=O) groups is 1. The fourth-order valence-electron chi connectivity index (χ4n) is 1.05. The van der Waals surface area contributed by atoms with Crippen molar-refractivity contribution in [3.63, 3.8) is 0 Å². The number of halogens is 1. The minimum absolute atomic E-state index is 0.257. The van der Waals surface area contributed by atoms with Crippen LogP contribution in [0.15, 0.2) is 24.3 Å². The number of carbonyl (C=O) groups excluding carboxylic acids is 1. The van der Waals surface area contributed by atoms with Gasteiger partial charge in [-0.05, 0) is 30.7 Å². The Labute approximate surface area is 105 Å². The second-order valence-corrected chi connectivity index (χ2v) is 4.39. The summed E-state index contributed by atoms with van der Waals surface area (Å²) in [6.07, 6.45) is 0.268. The smallest absolute Gasteiger partial charge is 0.319 e. The summed E-state index contributed by atoms with van der Waals surface area (Å²) in [5.41, 5.74) is 0.614. The van der Waals surface area contributed by atoms with Gasteiger partial charge in [-0.3, -0.25) is 0 Å². The molecule has 5 nitrogen and oxygen atoms in total. The minimum atomic E-state index is -2.18. The summed E-state index contributed by atoms with van der Waals surface area (Å²) in [6, 6.07) is 6.26. The Hall–Kier alpha value is -1.53. The van der Waals surface area contributed by atoms with Crippen molar-refractivity contribution in [3.8, 4) is 0 Å². The number of rotatable bonds is 4. The first-order chi connectivity index (χ1) is 8.08. The van der Waals surface area contributed by atoms with Crippen LogP contribution >= 0.6 is 11.6 Å². The van der Waals surface area contributed by atoms with Gasteiger partial charge in [0, 0.05) is 22.6 Å². The Kier molecular flexibility index (Phi) is 5.51. The molecule has 0 fully saturated rings. The highest BCUT2D eigenvalue weighted by molar-refractivity contribution is 7.71. The van der Waals surface area contributed by atoms with Crippen molar-refractivity contribution in [2.45, 2.75) is 6.42 Å². The molecule has 0 atom stereocenters. The monoisotopic (exact) mass is 274 g/mol. The molecule has 1 aromatic carbocycles. The molecular formula is C10H11ClN2O3S. The van der Waals surface area contributed by atoms with Crippen LogP contribution < -0.4 is 10.6 Å². The number of benzene rings is 1. The Bertz CT molecular complexity index is 503. The normalized spacial score (nSPS) is 9.47. The lowest BCUT2D eigenvalue weighted by atomic mass is 10.3. The van der Waals surface area contributed by atoms with Gasteiger partial charge < -0.3 is 10.6 Å². The predicted octanol–water partition coefficient (Wildman–Crippen LogP) is 1.53. The van der Waals surface area contributed by atoms with Crippen LogP contribution in [0.1, 0.15) is 6.42 Å². The third-order valence-corrected chi connectivity index (χ3v) is 2.55. The molecule has 1 aromatic rings. The SMILES string of the molecule is O=C(NCCC=S(=O)=O)Nc1ccc(Cl)cc1. The highest BCUT2D eigenvalue weighted by Crippen LogP contribution is 2.12. The molecular weight excluding hydrogens is 264 g/mol. The molecule has 0 aliphatic rings. The summed E-state index contributed by atoms with van der Waals surface area (Å²) in [7, 11) is -2.18. The average Bonchev–Trinajstić information content (AvgIpc) is 2.27. The Morgan fingerprint density at radius 2 is 1.94 bits per heavy atom. The summed E-state index contributed by atoms with van der Waals surface area (Å²) in [5, 5.41) is 6.77. The molecule has 0 spiro atoms. The van der Waals surface area contributed by atoms with Crippen LogP contribution in [0, 0.1) is 0 Å². The van der Waals surface area contributed by atoms with E-state index in [0.717, 1.165) is 5.37 Å². The zero-order valence-electron chi connectivity index (χ0n) is 8.81. The van der Waals surface area contributed by atoms with E-state index in [0.29, 0.717) is 10.7 Å². The van der Waals surface area contributed by atoms with Gasteiger partial charge in [-0.2, -0.15) is 8.42 Å². The fraction of sp³-hybridized carbons (Fsp3) is 0.200. The summed E-state index contributed by atoms with van der Waals surface area (Å²) in [6.45, 7) is 0.257. The van der Waals surface area contributed by atoms with E-state index in [1.54, 1.807) is 24.3 Å². The van der Waals surface area contributed by atoms with Crippen LogP contribution in [-0.4, -0.2) is 26.4 Å². The number of hydrogen-bond donors (Lipinski definition) is 2. The predicted molar refractivity (Wildman–Crippen MR) is 68.1 cm³/mol. The van der Waals surface area contributed by atoms with Gasteiger partial charge in [0.05, 0.1) is 0 Å². The van der Waals surface area contributed by atoms with Gasteiger partial charge in [-0.25, -0.2) is 4.79 Å². The van der Waals surface area contributed by atoms with Crippen molar-refractivity contribution in [1.29, 1.82) is 0 Å². The largest absolute Gasteiger partial charge is 0.338 e. The lowest BCUT2D eigenvalue weighted by Crippen LogP contribution is -2.29. The van der Waals surface area contributed by atoms with E-state index in [9.17, 15) is 13.2 Å². The van der Waals surface area contributed by atoms with E-state index < -0.39 is 16.3 Å². The van der Waals surface area contributed by atoms with Gasteiger partial charge in [0.25, 0.3) is 0 Å². The van der Waals surface area contributed by atoms with E-state index in [-0.39, 0.29) is 13.0 Å². The Balaban J connectivity index is 2.34. The summed E-state index contributed by atoms with van der Waals surface area (Å²) in [4.78, 5) is 11.3. The first-order valence-electron chi connectivity index (χ1n) is 4.80. The third-order valence-electron chi connectivity index (χ3n) is 1.79. The van der Waals surface area contributed by atoms with Gasteiger partial charge >= 0.3 is 6.03 Å².